The van der Waals surface area contributed by atoms with E-state index < -0.39 is 0 Å². The van der Waals surface area contributed by atoms with Crippen LogP contribution in [0.2, 0.25) is 0 Å². The highest BCUT2D eigenvalue weighted by molar-refractivity contribution is 5.74. The highest BCUT2D eigenvalue weighted by Crippen LogP contribution is 2.36. The zero-order chi connectivity index (χ0) is 19.6. The standard InChI is InChI=1S/C21H26N4O3/c1-21(2,16-3-4-18-19(13-16)28-15-27-18)14-23-20(26)25-11-9-24(10-12-25)17-5-7-22-8-6-17/h3-8,13H,9-12,14-15H2,1-2H3,(H,23,26). The van der Waals surface area contributed by atoms with Crippen LogP contribution >= 0.6 is 0 Å². The fourth-order valence-corrected chi connectivity index (χ4v) is 3.55. The third-order valence-electron chi connectivity index (χ3n) is 5.43. The number of hydrogen-bond acceptors (Lipinski definition) is 5. The molecular formula is C21H26N4O3. The van der Waals surface area contributed by atoms with Crippen molar-refractivity contribution in [1.29, 1.82) is 0 Å². The molecule has 2 aliphatic rings. The number of piperazine rings is 1. The van der Waals surface area contributed by atoms with Gasteiger partial charge in [0.15, 0.2) is 11.5 Å². The summed E-state index contributed by atoms with van der Waals surface area (Å²) in [5, 5.41) is 3.10. The van der Waals surface area contributed by atoms with Gasteiger partial charge in [-0.1, -0.05) is 19.9 Å². The molecule has 2 aliphatic heterocycles. The number of rotatable bonds is 4. The van der Waals surface area contributed by atoms with Gasteiger partial charge in [-0.05, 0) is 29.8 Å². The lowest BCUT2D eigenvalue weighted by molar-refractivity contribution is 0.174. The van der Waals surface area contributed by atoms with E-state index in [0.717, 1.165) is 35.8 Å². The Morgan fingerprint density at radius 2 is 1.79 bits per heavy atom. The molecule has 7 nitrogen and oxygen atoms in total. The SMILES string of the molecule is CC(C)(CNC(=O)N1CCN(c2ccncc2)CC1)c1ccc2c(c1)OCO2. The number of aromatic nitrogens is 1. The maximum atomic E-state index is 12.6. The Labute approximate surface area is 165 Å². The summed E-state index contributed by atoms with van der Waals surface area (Å²) in [6.45, 7) is 8.11. The number of carbonyl (C=O) groups excluding carboxylic acids is 1. The molecule has 2 aromatic rings. The molecule has 0 saturated carbocycles. The fraction of sp³-hybridized carbons (Fsp3) is 0.429. The number of urea groups is 1. The van der Waals surface area contributed by atoms with Crippen LogP contribution in [0.1, 0.15) is 19.4 Å². The van der Waals surface area contributed by atoms with Crippen molar-refractivity contribution in [2.45, 2.75) is 19.3 Å². The first kappa shape index (κ1) is 18.4. The van der Waals surface area contributed by atoms with Crippen molar-refractivity contribution in [1.82, 2.24) is 15.2 Å². The van der Waals surface area contributed by atoms with Crippen molar-refractivity contribution in [2.75, 3.05) is 44.4 Å². The molecule has 1 fully saturated rings. The maximum Gasteiger partial charge on any atom is 0.317 e. The zero-order valence-electron chi connectivity index (χ0n) is 16.4. The highest BCUT2D eigenvalue weighted by atomic mass is 16.7. The van der Waals surface area contributed by atoms with Crippen LogP contribution in [-0.4, -0.2) is 55.4 Å². The molecule has 28 heavy (non-hydrogen) atoms. The van der Waals surface area contributed by atoms with Crippen LogP contribution in [0.4, 0.5) is 10.5 Å². The predicted molar refractivity (Wildman–Crippen MR) is 107 cm³/mol. The second-order valence-electron chi connectivity index (χ2n) is 7.79. The summed E-state index contributed by atoms with van der Waals surface area (Å²) < 4.78 is 10.9. The topological polar surface area (TPSA) is 66.9 Å². The number of benzene rings is 1. The van der Waals surface area contributed by atoms with E-state index >= 15 is 0 Å². The Bertz CT molecular complexity index is 833. The molecule has 3 heterocycles. The second kappa shape index (κ2) is 7.58. The molecule has 1 aromatic heterocycles. The summed E-state index contributed by atoms with van der Waals surface area (Å²) in [5.74, 6) is 1.54. The van der Waals surface area contributed by atoms with Gasteiger partial charge in [0.25, 0.3) is 0 Å². The van der Waals surface area contributed by atoms with E-state index in [9.17, 15) is 4.79 Å². The number of ether oxygens (including phenoxy) is 2. The van der Waals surface area contributed by atoms with Crippen molar-refractivity contribution in [3.8, 4) is 11.5 Å². The summed E-state index contributed by atoms with van der Waals surface area (Å²) in [5.41, 5.74) is 2.05. The Balaban J connectivity index is 1.30. The van der Waals surface area contributed by atoms with Gasteiger partial charge in [-0.3, -0.25) is 4.98 Å². The van der Waals surface area contributed by atoms with Crippen molar-refractivity contribution in [3.63, 3.8) is 0 Å². The first-order valence-corrected chi connectivity index (χ1v) is 9.61. The molecule has 0 spiro atoms. The molecule has 2 amide bonds. The van der Waals surface area contributed by atoms with Gasteiger partial charge in [0.2, 0.25) is 6.79 Å². The maximum absolute atomic E-state index is 12.6. The third kappa shape index (κ3) is 3.83. The summed E-state index contributed by atoms with van der Waals surface area (Å²) in [6, 6.07) is 9.96. The van der Waals surface area contributed by atoms with Gasteiger partial charge in [-0.15, -0.1) is 0 Å². The lowest BCUT2D eigenvalue weighted by Gasteiger charge is -2.36. The predicted octanol–water partition coefficient (Wildman–Crippen LogP) is 2.62. The molecule has 1 aromatic carbocycles. The largest absolute Gasteiger partial charge is 0.454 e. The Morgan fingerprint density at radius 3 is 2.54 bits per heavy atom. The minimum atomic E-state index is -0.213. The number of pyridine rings is 1. The highest BCUT2D eigenvalue weighted by Gasteiger charge is 2.27. The number of nitrogens with one attached hydrogen (secondary N) is 1. The van der Waals surface area contributed by atoms with Crippen LogP contribution in [0.15, 0.2) is 42.7 Å². The molecule has 0 atom stereocenters. The van der Waals surface area contributed by atoms with Gasteiger partial charge >= 0.3 is 6.03 Å². The fourth-order valence-electron chi connectivity index (χ4n) is 3.55. The van der Waals surface area contributed by atoms with Crippen LogP contribution in [0.5, 0.6) is 11.5 Å². The Hall–Kier alpha value is -2.96. The first-order valence-electron chi connectivity index (χ1n) is 9.61. The number of fused-ring (bicyclic) bond motifs is 1. The number of hydrogen-bond donors (Lipinski definition) is 1. The van der Waals surface area contributed by atoms with Crippen molar-refractivity contribution in [2.24, 2.45) is 0 Å². The van der Waals surface area contributed by atoms with Gasteiger partial charge in [0.1, 0.15) is 0 Å². The summed E-state index contributed by atoms with van der Waals surface area (Å²) >= 11 is 0. The minimum Gasteiger partial charge on any atom is -0.454 e. The number of amides is 2. The summed E-state index contributed by atoms with van der Waals surface area (Å²) in [7, 11) is 0. The Morgan fingerprint density at radius 1 is 1.07 bits per heavy atom. The normalized spacial score (nSPS) is 16.2. The smallest absolute Gasteiger partial charge is 0.317 e. The molecule has 0 unspecified atom stereocenters. The molecule has 0 radical (unpaired) electrons. The van der Waals surface area contributed by atoms with Crippen LogP contribution in [-0.2, 0) is 5.41 Å². The average molecular weight is 382 g/mol. The third-order valence-corrected chi connectivity index (χ3v) is 5.43. The van der Waals surface area contributed by atoms with Crippen molar-refractivity contribution >= 4 is 11.7 Å². The van der Waals surface area contributed by atoms with E-state index in [1.54, 1.807) is 12.4 Å². The zero-order valence-corrected chi connectivity index (χ0v) is 16.4. The number of nitrogens with zero attached hydrogens (tertiary/aromatic N) is 3. The van der Waals surface area contributed by atoms with E-state index in [4.69, 9.17) is 9.47 Å². The molecule has 4 rings (SSSR count). The molecule has 0 bridgehead atoms. The van der Waals surface area contributed by atoms with Crippen LogP contribution in [0.3, 0.4) is 0 Å². The number of anilines is 1. The van der Waals surface area contributed by atoms with Crippen LogP contribution in [0.25, 0.3) is 0 Å². The monoisotopic (exact) mass is 382 g/mol. The molecule has 0 aliphatic carbocycles. The first-order chi connectivity index (χ1) is 13.5. The number of carbonyl (C=O) groups is 1. The molecule has 148 valence electrons. The Kier molecular flexibility index (Phi) is 4.98. The van der Waals surface area contributed by atoms with Gasteiger partial charge in [-0.25, -0.2) is 4.79 Å². The quantitative estimate of drug-likeness (QED) is 0.881. The average Bonchev–Trinajstić information content (AvgIpc) is 3.21. The van der Waals surface area contributed by atoms with E-state index in [-0.39, 0.29) is 18.2 Å². The summed E-state index contributed by atoms with van der Waals surface area (Å²) in [4.78, 5) is 20.9. The van der Waals surface area contributed by atoms with Gasteiger partial charge in [-0.2, -0.15) is 0 Å². The van der Waals surface area contributed by atoms with Crippen LogP contribution in [0, 0.1) is 0 Å². The summed E-state index contributed by atoms with van der Waals surface area (Å²) in [6.07, 6.45) is 3.60. The van der Waals surface area contributed by atoms with E-state index in [0.29, 0.717) is 19.6 Å². The lowest BCUT2D eigenvalue weighted by atomic mass is 9.84. The molecule has 1 N–H and O–H groups in total. The van der Waals surface area contributed by atoms with Crippen molar-refractivity contribution in [3.05, 3.63) is 48.3 Å². The molecule has 7 heteroatoms. The van der Waals surface area contributed by atoms with Crippen molar-refractivity contribution < 1.29 is 14.3 Å². The van der Waals surface area contributed by atoms with Crippen LogP contribution < -0.4 is 19.7 Å². The van der Waals surface area contributed by atoms with E-state index in [1.165, 1.54) is 0 Å². The van der Waals surface area contributed by atoms with E-state index in [1.807, 2.05) is 35.2 Å². The lowest BCUT2D eigenvalue weighted by Crippen LogP contribution is -2.53. The minimum absolute atomic E-state index is 0.0109. The van der Waals surface area contributed by atoms with Gasteiger partial charge in [0.05, 0.1) is 0 Å². The molecular weight excluding hydrogens is 356 g/mol. The molecule has 1 saturated heterocycles. The van der Waals surface area contributed by atoms with Gasteiger partial charge in [0, 0.05) is 56.2 Å². The second-order valence-corrected chi connectivity index (χ2v) is 7.79. The van der Waals surface area contributed by atoms with Gasteiger partial charge < -0.3 is 24.6 Å². The van der Waals surface area contributed by atoms with E-state index in [2.05, 4.69) is 29.0 Å².